The van der Waals surface area contributed by atoms with E-state index in [1.54, 1.807) is 22.4 Å². The number of hydrogen-bond donors (Lipinski definition) is 0. The van der Waals surface area contributed by atoms with Gasteiger partial charge in [0.1, 0.15) is 0 Å². The number of aryl methyl sites for hydroxylation is 2. The van der Waals surface area contributed by atoms with Gasteiger partial charge in [-0.05, 0) is 6.42 Å². The van der Waals surface area contributed by atoms with Crippen LogP contribution in [0.15, 0.2) is 17.2 Å². The molecule has 1 rings (SSSR count). The first-order valence-corrected chi connectivity index (χ1v) is 4.65. The molecule has 0 amide bonds. The van der Waals surface area contributed by atoms with Gasteiger partial charge in [-0.25, -0.2) is 4.79 Å². The summed E-state index contributed by atoms with van der Waals surface area (Å²) in [4.78, 5) is 11.2. The topological polar surface area (TPSA) is 26.9 Å². The van der Waals surface area contributed by atoms with Gasteiger partial charge in [-0.2, -0.15) is 0 Å². The lowest BCUT2D eigenvalue weighted by molar-refractivity contribution is 0.642. The fraction of sp³-hybridized carbons (Fsp3) is 0.571. The first-order valence-electron chi connectivity index (χ1n) is 3.53. The second-order valence-corrected chi connectivity index (χ2v) is 3.22. The maximum atomic E-state index is 11.2. The molecule has 11 heavy (non-hydrogen) atoms. The number of hydrogen-bond acceptors (Lipinski definition) is 1. The predicted molar refractivity (Wildman–Crippen MR) is 48.1 cm³/mol. The molecule has 62 valence electrons. The van der Waals surface area contributed by atoms with E-state index in [1.165, 1.54) is 0 Å². The molecule has 1 aromatic rings. The van der Waals surface area contributed by atoms with E-state index in [0.29, 0.717) is 0 Å². The maximum absolute atomic E-state index is 11.2. The number of aromatic nitrogens is 2. The molecule has 4 heteroatoms. The molecular weight excluding hydrogens is 208 g/mol. The van der Waals surface area contributed by atoms with Gasteiger partial charge in [0.15, 0.2) is 0 Å². The Hall–Kier alpha value is -0.510. The van der Waals surface area contributed by atoms with E-state index in [2.05, 4.69) is 15.9 Å². The molecule has 0 fully saturated rings. The predicted octanol–water partition coefficient (Wildman–Crippen LogP) is 0.972. The minimum absolute atomic E-state index is 0.0611. The quantitative estimate of drug-likeness (QED) is 0.696. The van der Waals surface area contributed by atoms with Gasteiger partial charge < -0.3 is 4.57 Å². The van der Waals surface area contributed by atoms with Crippen molar-refractivity contribution in [3.8, 4) is 0 Å². The molecule has 1 heterocycles. The minimum Gasteiger partial charge on any atom is -0.302 e. The van der Waals surface area contributed by atoms with Gasteiger partial charge >= 0.3 is 5.69 Å². The van der Waals surface area contributed by atoms with E-state index in [0.717, 1.165) is 18.3 Å². The van der Waals surface area contributed by atoms with Gasteiger partial charge in [-0.3, -0.25) is 4.57 Å². The molecule has 0 aliphatic heterocycles. The van der Waals surface area contributed by atoms with E-state index < -0.39 is 0 Å². The Kier molecular flexibility index (Phi) is 2.93. The molecule has 0 atom stereocenters. The fourth-order valence-corrected chi connectivity index (χ4v) is 1.16. The molecule has 0 bridgehead atoms. The second-order valence-electron chi connectivity index (χ2n) is 2.43. The van der Waals surface area contributed by atoms with E-state index in [-0.39, 0.29) is 5.69 Å². The van der Waals surface area contributed by atoms with Crippen LogP contribution in [-0.4, -0.2) is 14.5 Å². The van der Waals surface area contributed by atoms with Crippen molar-refractivity contribution in [2.24, 2.45) is 7.05 Å². The monoisotopic (exact) mass is 218 g/mol. The molecule has 0 unspecified atom stereocenters. The number of nitrogens with zero attached hydrogens (tertiary/aromatic N) is 2. The van der Waals surface area contributed by atoms with Crippen molar-refractivity contribution in [1.29, 1.82) is 0 Å². The molecular formula is C7H11BrN2O. The van der Waals surface area contributed by atoms with Crippen molar-refractivity contribution in [2.75, 3.05) is 5.33 Å². The van der Waals surface area contributed by atoms with Crippen LogP contribution in [0.25, 0.3) is 0 Å². The van der Waals surface area contributed by atoms with Crippen LogP contribution in [0.1, 0.15) is 6.42 Å². The van der Waals surface area contributed by atoms with Crippen LogP contribution in [-0.2, 0) is 13.6 Å². The summed E-state index contributed by atoms with van der Waals surface area (Å²) < 4.78 is 3.29. The van der Waals surface area contributed by atoms with E-state index in [4.69, 9.17) is 0 Å². The smallest absolute Gasteiger partial charge is 0.302 e. The Bertz CT molecular complexity index is 276. The highest BCUT2D eigenvalue weighted by Gasteiger charge is 1.96. The highest BCUT2D eigenvalue weighted by atomic mass is 79.9. The van der Waals surface area contributed by atoms with Crippen LogP contribution in [0.4, 0.5) is 0 Å². The molecule has 1 aromatic heterocycles. The Morgan fingerprint density at radius 3 is 2.73 bits per heavy atom. The zero-order chi connectivity index (χ0) is 8.27. The minimum atomic E-state index is 0.0611. The van der Waals surface area contributed by atoms with Gasteiger partial charge in [-0.15, -0.1) is 0 Å². The number of alkyl halides is 1. The van der Waals surface area contributed by atoms with Crippen LogP contribution in [0.2, 0.25) is 0 Å². The lowest BCUT2D eigenvalue weighted by atomic mass is 10.5. The van der Waals surface area contributed by atoms with E-state index in [9.17, 15) is 4.79 Å². The summed E-state index contributed by atoms with van der Waals surface area (Å²) in [5.41, 5.74) is 0.0611. The molecule has 0 aliphatic rings. The SMILES string of the molecule is Cn1ccn(CCCBr)c1=O. The van der Waals surface area contributed by atoms with Crippen molar-refractivity contribution in [3.05, 3.63) is 22.9 Å². The fourth-order valence-electron chi connectivity index (χ4n) is 0.911. The zero-order valence-corrected chi connectivity index (χ0v) is 8.04. The first kappa shape index (κ1) is 8.59. The summed E-state index contributed by atoms with van der Waals surface area (Å²) in [7, 11) is 1.76. The zero-order valence-electron chi connectivity index (χ0n) is 6.46. The summed E-state index contributed by atoms with van der Waals surface area (Å²) in [6, 6.07) is 0. The van der Waals surface area contributed by atoms with E-state index >= 15 is 0 Å². The highest BCUT2D eigenvalue weighted by molar-refractivity contribution is 9.09. The van der Waals surface area contributed by atoms with Crippen molar-refractivity contribution in [3.63, 3.8) is 0 Å². The summed E-state index contributed by atoms with van der Waals surface area (Å²) >= 11 is 3.32. The molecule has 3 nitrogen and oxygen atoms in total. The van der Waals surface area contributed by atoms with Crippen LogP contribution in [0, 0.1) is 0 Å². The number of rotatable bonds is 3. The number of imidazole rings is 1. The van der Waals surface area contributed by atoms with Crippen LogP contribution < -0.4 is 5.69 Å². The normalized spacial score (nSPS) is 10.4. The maximum Gasteiger partial charge on any atom is 0.327 e. The third-order valence-electron chi connectivity index (χ3n) is 1.55. The summed E-state index contributed by atoms with van der Waals surface area (Å²) in [6.07, 6.45) is 4.57. The molecule has 0 saturated carbocycles. The Morgan fingerprint density at radius 1 is 1.55 bits per heavy atom. The third-order valence-corrected chi connectivity index (χ3v) is 2.11. The van der Waals surface area contributed by atoms with Gasteiger partial charge in [-0.1, -0.05) is 15.9 Å². The van der Waals surface area contributed by atoms with Crippen molar-refractivity contribution in [2.45, 2.75) is 13.0 Å². The van der Waals surface area contributed by atoms with Crippen LogP contribution in [0.5, 0.6) is 0 Å². The molecule has 0 spiro atoms. The lowest BCUT2D eigenvalue weighted by Gasteiger charge is -1.96. The average molecular weight is 219 g/mol. The number of halogens is 1. The van der Waals surface area contributed by atoms with E-state index in [1.807, 2.05) is 6.20 Å². The summed E-state index contributed by atoms with van der Waals surface area (Å²) in [5, 5.41) is 0.939. The molecule has 0 aromatic carbocycles. The Morgan fingerprint density at radius 2 is 2.27 bits per heavy atom. The summed E-state index contributed by atoms with van der Waals surface area (Å²) in [6.45, 7) is 0.797. The van der Waals surface area contributed by atoms with Crippen molar-refractivity contribution < 1.29 is 0 Å². The molecule has 0 radical (unpaired) electrons. The van der Waals surface area contributed by atoms with Crippen LogP contribution >= 0.6 is 15.9 Å². The third kappa shape index (κ3) is 1.96. The first-order chi connectivity index (χ1) is 5.25. The van der Waals surface area contributed by atoms with Gasteiger partial charge in [0.25, 0.3) is 0 Å². The van der Waals surface area contributed by atoms with Crippen molar-refractivity contribution in [1.82, 2.24) is 9.13 Å². The second kappa shape index (κ2) is 3.76. The molecule has 0 aliphatic carbocycles. The Balaban J connectivity index is 2.71. The Labute approximate surface area is 73.8 Å². The summed E-state index contributed by atoms with van der Waals surface area (Å²) in [5.74, 6) is 0. The van der Waals surface area contributed by atoms with Gasteiger partial charge in [0.05, 0.1) is 0 Å². The standard InChI is InChI=1S/C7H11BrN2O/c1-9-5-6-10(7(9)11)4-2-3-8/h5-6H,2-4H2,1H3. The largest absolute Gasteiger partial charge is 0.327 e. The van der Waals surface area contributed by atoms with Gasteiger partial charge in [0.2, 0.25) is 0 Å². The van der Waals surface area contributed by atoms with Crippen molar-refractivity contribution >= 4 is 15.9 Å². The average Bonchev–Trinajstić information content (AvgIpc) is 2.31. The van der Waals surface area contributed by atoms with Crippen LogP contribution in [0.3, 0.4) is 0 Å². The molecule has 0 saturated heterocycles. The van der Waals surface area contributed by atoms with Gasteiger partial charge in [0, 0.05) is 31.3 Å². The highest BCUT2D eigenvalue weighted by Crippen LogP contribution is 1.91. The lowest BCUT2D eigenvalue weighted by Crippen LogP contribution is -2.21. The molecule has 0 N–H and O–H groups in total.